The molecule has 29 heavy (non-hydrogen) atoms. The van der Waals surface area contributed by atoms with Gasteiger partial charge in [-0.1, -0.05) is 6.07 Å². The lowest BCUT2D eigenvalue weighted by molar-refractivity contribution is -0.129. The van der Waals surface area contributed by atoms with E-state index in [1.54, 1.807) is 4.68 Å². The van der Waals surface area contributed by atoms with E-state index in [0.717, 1.165) is 35.7 Å². The number of hydrogen-bond acceptors (Lipinski definition) is 5. The standard InChI is InChI=1S/C21H29N7O/c1-15-6-5-9-28-17(15)13-23-20(28)21(2,3)24-19(29)18-12-22-8-11-27(18)14-16-7-10-26(4)25-16/h5-7,9-10,13,18,22H,8,11-12,14H2,1-4H3,(H,24,29). The van der Waals surface area contributed by atoms with Gasteiger partial charge in [-0.15, -0.1) is 0 Å². The van der Waals surface area contributed by atoms with Gasteiger partial charge in [-0.25, -0.2) is 4.98 Å². The Kier molecular flexibility index (Phi) is 5.14. The fourth-order valence-corrected chi connectivity index (χ4v) is 4.02. The van der Waals surface area contributed by atoms with E-state index < -0.39 is 5.54 Å². The number of imidazole rings is 1. The molecule has 0 aliphatic carbocycles. The lowest BCUT2D eigenvalue weighted by Gasteiger charge is -2.36. The quantitative estimate of drug-likeness (QED) is 0.679. The first-order valence-corrected chi connectivity index (χ1v) is 10.0. The van der Waals surface area contributed by atoms with Gasteiger partial charge in [0.25, 0.3) is 0 Å². The van der Waals surface area contributed by atoms with E-state index in [9.17, 15) is 4.79 Å². The Labute approximate surface area is 170 Å². The highest BCUT2D eigenvalue weighted by molar-refractivity contribution is 5.83. The Bertz CT molecular complexity index is 1020. The highest BCUT2D eigenvalue weighted by Gasteiger charge is 2.34. The van der Waals surface area contributed by atoms with E-state index >= 15 is 0 Å². The Morgan fingerprint density at radius 2 is 2.17 bits per heavy atom. The molecule has 0 bridgehead atoms. The molecule has 3 aromatic heterocycles. The summed E-state index contributed by atoms with van der Waals surface area (Å²) in [4.78, 5) is 20.1. The van der Waals surface area contributed by atoms with Crippen molar-refractivity contribution in [2.24, 2.45) is 7.05 Å². The third kappa shape index (κ3) is 3.90. The van der Waals surface area contributed by atoms with Crippen molar-refractivity contribution in [2.75, 3.05) is 19.6 Å². The molecule has 0 saturated carbocycles. The second-order valence-electron chi connectivity index (χ2n) is 8.31. The smallest absolute Gasteiger partial charge is 0.239 e. The average Bonchev–Trinajstić information content (AvgIpc) is 3.29. The predicted molar refractivity (Wildman–Crippen MR) is 111 cm³/mol. The summed E-state index contributed by atoms with van der Waals surface area (Å²) < 4.78 is 3.85. The van der Waals surface area contributed by atoms with Crippen LogP contribution in [0.3, 0.4) is 0 Å². The van der Waals surface area contributed by atoms with E-state index in [1.807, 2.05) is 51.6 Å². The van der Waals surface area contributed by atoms with Crippen molar-refractivity contribution in [1.82, 2.24) is 34.7 Å². The van der Waals surface area contributed by atoms with Crippen molar-refractivity contribution in [3.63, 3.8) is 0 Å². The van der Waals surface area contributed by atoms with Gasteiger partial charge in [0.2, 0.25) is 5.91 Å². The number of hydrogen-bond donors (Lipinski definition) is 2. The number of piperazine rings is 1. The molecule has 4 rings (SSSR count). The van der Waals surface area contributed by atoms with E-state index in [0.29, 0.717) is 13.1 Å². The third-order valence-corrected chi connectivity index (χ3v) is 5.57. The zero-order chi connectivity index (χ0) is 20.6. The summed E-state index contributed by atoms with van der Waals surface area (Å²) in [7, 11) is 1.91. The minimum atomic E-state index is -0.606. The van der Waals surface area contributed by atoms with E-state index in [2.05, 4.69) is 43.0 Å². The zero-order valence-corrected chi connectivity index (χ0v) is 17.5. The third-order valence-electron chi connectivity index (χ3n) is 5.57. The summed E-state index contributed by atoms with van der Waals surface area (Å²) in [5, 5.41) is 11.0. The number of aromatic nitrogens is 4. The molecule has 1 aliphatic rings. The Hall–Kier alpha value is -2.71. The van der Waals surface area contributed by atoms with Gasteiger partial charge in [-0.2, -0.15) is 5.10 Å². The second kappa shape index (κ2) is 7.61. The van der Waals surface area contributed by atoms with Gasteiger partial charge in [0, 0.05) is 45.6 Å². The van der Waals surface area contributed by atoms with Crippen LogP contribution in [0.15, 0.2) is 36.8 Å². The maximum Gasteiger partial charge on any atom is 0.239 e. The summed E-state index contributed by atoms with van der Waals surface area (Å²) in [6.45, 7) is 9.02. The molecule has 1 fully saturated rings. The van der Waals surface area contributed by atoms with Crippen molar-refractivity contribution >= 4 is 11.4 Å². The molecule has 1 atom stereocenters. The maximum absolute atomic E-state index is 13.3. The molecular weight excluding hydrogens is 366 g/mol. The molecule has 0 radical (unpaired) electrons. The number of nitrogens with one attached hydrogen (secondary N) is 2. The number of carbonyl (C=O) groups excluding carboxylic acids is 1. The van der Waals surface area contributed by atoms with Crippen LogP contribution < -0.4 is 10.6 Å². The Balaban J connectivity index is 1.53. The SMILES string of the molecule is Cc1cccn2c(C(C)(C)NC(=O)C3CNCCN3Cc3ccn(C)n3)ncc12. The molecule has 0 aromatic carbocycles. The first kappa shape index (κ1) is 19.6. The number of nitrogens with zero attached hydrogens (tertiary/aromatic N) is 5. The number of aryl methyl sites for hydroxylation is 2. The van der Waals surface area contributed by atoms with E-state index in [4.69, 9.17) is 0 Å². The van der Waals surface area contributed by atoms with Crippen LogP contribution in [-0.2, 0) is 23.9 Å². The van der Waals surface area contributed by atoms with Crippen molar-refractivity contribution < 1.29 is 4.79 Å². The van der Waals surface area contributed by atoms with Crippen LogP contribution in [0.2, 0.25) is 0 Å². The summed E-state index contributed by atoms with van der Waals surface area (Å²) in [5.41, 5.74) is 2.58. The Morgan fingerprint density at radius 3 is 2.93 bits per heavy atom. The van der Waals surface area contributed by atoms with Crippen LogP contribution >= 0.6 is 0 Å². The van der Waals surface area contributed by atoms with Gasteiger partial charge >= 0.3 is 0 Å². The molecule has 8 heteroatoms. The normalized spacial score (nSPS) is 18.3. The topological polar surface area (TPSA) is 79.5 Å². The lowest BCUT2D eigenvalue weighted by Crippen LogP contribution is -2.59. The summed E-state index contributed by atoms with van der Waals surface area (Å²) in [6, 6.07) is 5.82. The predicted octanol–water partition coefficient (Wildman–Crippen LogP) is 1.20. The van der Waals surface area contributed by atoms with E-state index in [1.165, 1.54) is 0 Å². The molecule has 1 amide bonds. The number of pyridine rings is 1. The summed E-state index contributed by atoms with van der Waals surface area (Å²) >= 11 is 0. The van der Waals surface area contributed by atoms with Gasteiger partial charge in [0.15, 0.2) is 0 Å². The van der Waals surface area contributed by atoms with Crippen LogP contribution in [-0.4, -0.2) is 55.6 Å². The minimum Gasteiger partial charge on any atom is -0.343 e. The van der Waals surface area contributed by atoms with Gasteiger partial charge < -0.3 is 15.0 Å². The fraction of sp³-hybridized carbons (Fsp3) is 0.476. The molecule has 0 spiro atoms. The second-order valence-corrected chi connectivity index (χ2v) is 8.31. The van der Waals surface area contributed by atoms with Crippen LogP contribution in [0.4, 0.5) is 0 Å². The minimum absolute atomic E-state index is 0.00235. The maximum atomic E-state index is 13.3. The monoisotopic (exact) mass is 395 g/mol. The molecule has 1 unspecified atom stereocenters. The van der Waals surface area contributed by atoms with Gasteiger partial charge in [0.05, 0.1) is 22.9 Å². The first-order valence-electron chi connectivity index (χ1n) is 10.0. The van der Waals surface area contributed by atoms with Crippen molar-refractivity contribution in [3.8, 4) is 0 Å². The van der Waals surface area contributed by atoms with Gasteiger partial charge in [0.1, 0.15) is 11.9 Å². The highest BCUT2D eigenvalue weighted by Crippen LogP contribution is 2.22. The molecule has 154 valence electrons. The van der Waals surface area contributed by atoms with Crippen LogP contribution in [0.1, 0.15) is 30.9 Å². The van der Waals surface area contributed by atoms with Gasteiger partial charge in [-0.05, 0) is 38.5 Å². The highest BCUT2D eigenvalue weighted by atomic mass is 16.2. The molecule has 2 N–H and O–H groups in total. The molecule has 8 nitrogen and oxygen atoms in total. The van der Waals surface area contributed by atoms with Crippen molar-refractivity contribution in [2.45, 2.75) is 38.9 Å². The van der Waals surface area contributed by atoms with Crippen molar-refractivity contribution in [3.05, 3.63) is 53.9 Å². The number of fused-ring (bicyclic) bond motifs is 1. The molecule has 3 aromatic rings. The average molecular weight is 396 g/mol. The van der Waals surface area contributed by atoms with E-state index in [-0.39, 0.29) is 11.9 Å². The number of rotatable bonds is 5. The molecule has 1 aliphatic heterocycles. The largest absolute Gasteiger partial charge is 0.343 e. The first-order chi connectivity index (χ1) is 13.8. The van der Waals surface area contributed by atoms with Crippen molar-refractivity contribution in [1.29, 1.82) is 0 Å². The molecular formula is C21H29N7O. The molecule has 4 heterocycles. The lowest BCUT2D eigenvalue weighted by atomic mass is 10.0. The fourth-order valence-electron chi connectivity index (χ4n) is 4.02. The Morgan fingerprint density at radius 1 is 1.34 bits per heavy atom. The number of amides is 1. The van der Waals surface area contributed by atoms with Crippen LogP contribution in [0.25, 0.3) is 5.52 Å². The number of carbonyl (C=O) groups is 1. The van der Waals surface area contributed by atoms with Crippen LogP contribution in [0, 0.1) is 6.92 Å². The van der Waals surface area contributed by atoms with Crippen LogP contribution in [0.5, 0.6) is 0 Å². The summed E-state index contributed by atoms with van der Waals surface area (Å²) in [6.07, 6.45) is 5.79. The molecule has 1 saturated heterocycles. The zero-order valence-electron chi connectivity index (χ0n) is 17.5. The summed E-state index contributed by atoms with van der Waals surface area (Å²) in [5.74, 6) is 0.826. The van der Waals surface area contributed by atoms with Gasteiger partial charge in [-0.3, -0.25) is 14.4 Å².